The van der Waals surface area contributed by atoms with Crippen molar-refractivity contribution in [2.75, 3.05) is 0 Å². The zero-order chi connectivity index (χ0) is 35.6. The van der Waals surface area contributed by atoms with Gasteiger partial charge in [0.05, 0.1) is 22.8 Å². The molecule has 8 aromatic rings. The van der Waals surface area contributed by atoms with E-state index in [1.54, 1.807) is 0 Å². The van der Waals surface area contributed by atoms with Crippen LogP contribution in [0.15, 0.2) is 158 Å². The van der Waals surface area contributed by atoms with Crippen molar-refractivity contribution < 1.29 is 0 Å². The molecule has 52 heavy (non-hydrogen) atoms. The van der Waals surface area contributed by atoms with Gasteiger partial charge in [-0.3, -0.25) is 0 Å². The van der Waals surface area contributed by atoms with Crippen LogP contribution in [-0.4, -0.2) is 19.9 Å². The van der Waals surface area contributed by atoms with Crippen LogP contribution < -0.4 is 0 Å². The molecule has 0 spiro atoms. The van der Waals surface area contributed by atoms with Crippen LogP contribution in [0.5, 0.6) is 0 Å². The first kappa shape index (κ1) is 32.7. The zero-order valence-electron chi connectivity index (χ0n) is 29.8. The predicted octanol–water partition coefficient (Wildman–Crippen LogP) is 12.2. The summed E-state index contributed by atoms with van der Waals surface area (Å²) in [7, 11) is 0. The minimum atomic E-state index is 0.716. The van der Waals surface area contributed by atoms with Crippen molar-refractivity contribution in [2.45, 2.75) is 27.7 Å². The third-order valence-electron chi connectivity index (χ3n) is 9.46. The van der Waals surface area contributed by atoms with Crippen molar-refractivity contribution in [3.8, 4) is 78.9 Å². The molecule has 0 aliphatic carbocycles. The second-order valence-corrected chi connectivity index (χ2v) is 13.5. The van der Waals surface area contributed by atoms with E-state index in [4.69, 9.17) is 19.9 Å². The van der Waals surface area contributed by atoms with E-state index in [1.807, 2.05) is 0 Å². The Labute approximate surface area is 305 Å². The monoisotopic (exact) mass is 670 g/mol. The number of aromatic nitrogens is 4. The summed E-state index contributed by atoms with van der Waals surface area (Å²) in [5.41, 5.74) is 16.9. The standard InChI is InChI=1S/C48H38N4/c1-31-5-13-37(14-6-31)43-29-45(51-47(49-43)41-17-9-33(3)10-18-41)39-25-21-35(22-26-39)36-23-27-40(28-24-36)46-30-44(38-15-7-32(2)8-16-38)50-48(52-46)42-19-11-34(4)12-20-42/h5-30H,1-4H3. The quantitative estimate of drug-likeness (QED) is 0.169. The summed E-state index contributed by atoms with van der Waals surface area (Å²) in [5.74, 6) is 1.43. The maximum absolute atomic E-state index is 5.04. The normalized spacial score (nSPS) is 11.1. The van der Waals surface area contributed by atoms with Gasteiger partial charge in [-0.25, -0.2) is 19.9 Å². The molecular formula is C48H38N4. The number of rotatable bonds is 7. The molecule has 0 aliphatic heterocycles. The van der Waals surface area contributed by atoms with Crippen LogP contribution in [0.25, 0.3) is 78.9 Å². The van der Waals surface area contributed by atoms with Crippen molar-refractivity contribution >= 4 is 0 Å². The predicted molar refractivity (Wildman–Crippen MR) is 215 cm³/mol. The lowest BCUT2D eigenvalue weighted by Gasteiger charge is -2.11. The molecule has 0 fully saturated rings. The van der Waals surface area contributed by atoms with Crippen LogP contribution >= 0.6 is 0 Å². The summed E-state index contributed by atoms with van der Waals surface area (Å²) < 4.78 is 0. The minimum absolute atomic E-state index is 0.716. The molecule has 2 aromatic heterocycles. The van der Waals surface area contributed by atoms with Gasteiger partial charge in [0.25, 0.3) is 0 Å². The molecule has 0 saturated carbocycles. The lowest BCUT2D eigenvalue weighted by molar-refractivity contribution is 1.18. The average molecular weight is 671 g/mol. The smallest absolute Gasteiger partial charge is 0.160 e. The number of hydrogen-bond acceptors (Lipinski definition) is 4. The molecule has 0 aliphatic rings. The number of aryl methyl sites for hydroxylation is 4. The van der Waals surface area contributed by atoms with E-state index in [-0.39, 0.29) is 0 Å². The van der Waals surface area contributed by atoms with Gasteiger partial charge in [-0.1, -0.05) is 168 Å². The zero-order valence-corrected chi connectivity index (χ0v) is 29.8. The van der Waals surface area contributed by atoms with Crippen LogP contribution in [0.2, 0.25) is 0 Å². The van der Waals surface area contributed by atoms with Crippen molar-refractivity contribution in [2.24, 2.45) is 0 Å². The fourth-order valence-electron chi connectivity index (χ4n) is 6.26. The summed E-state index contributed by atoms with van der Waals surface area (Å²) in [6.45, 7) is 8.38. The minimum Gasteiger partial charge on any atom is -0.228 e. The van der Waals surface area contributed by atoms with E-state index in [2.05, 4.69) is 185 Å². The maximum atomic E-state index is 5.04. The first-order chi connectivity index (χ1) is 25.3. The topological polar surface area (TPSA) is 51.6 Å². The van der Waals surface area contributed by atoms with Crippen LogP contribution in [0.4, 0.5) is 0 Å². The first-order valence-corrected chi connectivity index (χ1v) is 17.6. The molecule has 0 N–H and O–H groups in total. The van der Waals surface area contributed by atoms with Crippen LogP contribution in [-0.2, 0) is 0 Å². The fourth-order valence-corrected chi connectivity index (χ4v) is 6.26. The highest BCUT2D eigenvalue weighted by molar-refractivity contribution is 5.77. The van der Waals surface area contributed by atoms with Gasteiger partial charge < -0.3 is 0 Å². The second-order valence-electron chi connectivity index (χ2n) is 13.5. The maximum Gasteiger partial charge on any atom is 0.160 e. The van der Waals surface area contributed by atoms with Gasteiger partial charge in [0.1, 0.15) is 0 Å². The van der Waals surface area contributed by atoms with Gasteiger partial charge in [-0.15, -0.1) is 0 Å². The Balaban J connectivity index is 1.11. The second kappa shape index (κ2) is 14.0. The van der Waals surface area contributed by atoms with Crippen molar-refractivity contribution in [1.82, 2.24) is 19.9 Å². The third kappa shape index (κ3) is 7.05. The Bertz CT molecular complexity index is 2170. The molecule has 2 heterocycles. The van der Waals surface area contributed by atoms with Crippen LogP contribution in [0.1, 0.15) is 22.3 Å². The molecule has 4 nitrogen and oxygen atoms in total. The van der Waals surface area contributed by atoms with Gasteiger partial charge in [0, 0.05) is 33.4 Å². The van der Waals surface area contributed by atoms with Crippen molar-refractivity contribution in [3.05, 3.63) is 180 Å². The first-order valence-electron chi connectivity index (χ1n) is 17.6. The lowest BCUT2D eigenvalue weighted by Crippen LogP contribution is -1.96. The van der Waals surface area contributed by atoms with Gasteiger partial charge >= 0.3 is 0 Å². The SMILES string of the molecule is Cc1ccc(-c2cc(-c3ccc(-c4ccc(-c5cc(-c6ccc(C)cc6)nc(-c6ccc(C)cc6)n5)cc4)cc3)nc(-c3ccc(C)cc3)n2)cc1. The number of hydrogen-bond donors (Lipinski definition) is 0. The van der Waals surface area contributed by atoms with Gasteiger partial charge in [0.15, 0.2) is 11.6 Å². The highest BCUT2D eigenvalue weighted by Crippen LogP contribution is 2.32. The van der Waals surface area contributed by atoms with E-state index in [1.165, 1.54) is 22.3 Å². The largest absolute Gasteiger partial charge is 0.228 e. The summed E-state index contributed by atoms with van der Waals surface area (Å²) >= 11 is 0. The van der Waals surface area contributed by atoms with E-state index in [0.717, 1.165) is 67.3 Å². The van der Waals surface area contributed by atoms with Gasteiger partial charge in [-0.05, 0) is 51.0 Å². The molecule has 0 atom stereocenters. The van der Waals surface area contributed by atoms with E-state index < -0.39 is 0 Å². The Morgan fingerprint density at radius 1 is 0.231 bits per heavy atom. The number of benzene rings is 6. The fraction of sp³-hybridized carbons (Fsp3) is 0.0833. The highest BCUT2D eigenvalue weighted by atomic mass is 14.9. The molecular weight excluding hydrogens is 633 g/mol. The van der Waals surface area contributed by atoms with E-state index in [0.29, 0.717) is 11.6 Å². The Kier molecular flexibility index (Phi) is 8.80. The molecule has 6 aromatic carbocycles. The molecule has 0 saturated heterocycles. The summed E-state index contributed by atoms with van der Waals surface area (Å²) in [5, 5.41) is 0. The summed E-state index contributed by atoms with van der Waals surface area (Å²) in [6, 6.07) is 55.2. The van der Waals surface area contributed by atoms with Gasteiger partial charge in [0.2, 0.25) is 0 Å². The lowest BCUT2D eigenvalue weighted by atomic mass is 9.99. The Morgan fingerprint density at radius 3 is 0.673 bits per heavy atom. The average Bonchev–Trinajstić information content (AvgIpc) is 3.19. The molecule has 0 bridgehead atoms. The Morgan fingerprint density at radius 2 is 0.423 bits per heavy atom. The molecule has 0 amide bonds. The Hall–Kier alpha value is -6.52. The van der Waals surface area contributed by atoms with Crippen LogP contribution in [0.3, 0.4) is 0 Å². The molecule has 250 valence electrons. The molecule has 0 unspecified atom stereocenters. The summed E-state index contributed by atoms with van der Waals surface area (Å²) in [6.07, 6.45) is 0. The molecule has 8 rings (SSSR count). The molecule has 4 heteroatoms. The van der Waals surface area contributed by atoms with Crippen molar-refractivity contribution in [1.29, 1.82) is 0 Å². The number of nitrogens with zero attached hydrogens (tertiary/aromatic N) is 4. The third-order valence-corrected chi connectivity index (χ3v) is 9.46. The van der Waals surface area contributed by atoms with Crippen LogP contribution in [0, 0.1) is 27.7 Å². The highest BCUT2D eigenvalue weighted by Gasteiger charge is 2.13. The van der Waals surface area contributed by atoms with E-state index in [9.17, 15) is 0 Å². The molecule has 0 radical (unpaired) electrons. The summed E-state index contributed by atoms with van der Waals surface area (Å²) in [4.78, 5) is 20.1. The van der Waals surface area contributed by atoms with Crippen molar-refractivity contribution in [3.63, 3.8) is 0 Å². The van der Waals surface area contributed by atoms with E-state index >= 15 is 0 Å². The van der Waals surface area contributed by atoms with Gasteiger partial charge in [-0.2, -0.15) is 0 Å².